The Bertz CT molecular complexity index is 201. The lowest BCUT2D eigenvalue weighted by atomic mass is 10.4. The number of carbonyl (C=O) groups excluding carboxylic acids is 2. The molecule has 0 atom stereocenters. The van der Waals surface area contributed by atoms with Gasteiger partial charge in [0.25, 0.3) is 0 Å². The summed E-state index contributed by atoms with van der Waals surface area (Å²) < 4.78 is 0. The van der Waals surface area contributed by atoms with Gasteiger partial charge in [-0.25, -0.2) is 5.06 Å². The van der Waals surface area contributed by atoms with E-state index < -0.39 is 11.8 Å². The second kappa shape index (κ2) is 8.23. The van der Waals surface area contributed by atoms with Gasteiger partial charge in [-0.05, 0) is 19.8 Å². The second-order valence-corrected chi connectivity index (χ2v) is 3.08. The lowest BCUT2D eigenvalue weighted by Gasteiger charge is -2.19. The molecule has 0 fully saturated rings. The molecule has 0 aliphatic rings. The normalized spacial score (nSPS) is 9.80. The van der Waals surface area contributed by atoms with Crippen molar-refractivity contribution in [3.8, 4) is 0 Å². The summed E-state index contributed by atoms with van der Waals surface area (Å²) in [5, 5.41) is 3.64. The van der Waals surface area contributed by atoms with E-state index in [9.17, 15) is 9.59 Å². The van der Waals surface area contributed by atoms with Gasteiger partial charge in [-0.15, -0.1) is 0 Å². The smallest absolute Gasteiger partial charge is 0.335 e. The Kier molecular flexibility index (Phi) is 7.62. The molecular formula is C10H20N2O3. The summed E-state index contributed by atoms with van der Waals surface area (Å²) in [6.45, 7) is 6.95. The van der Waals surface area contributed by atoms with Gasteiger partial charge >= 0.3 is 11.8 Å². The van der Waals surface area contributed by atoms with Crippen LogP contribution < -0.4 is 5.32 Å². The highest BCUT2D eigenvalue weighted by Gasteiger charge is 2.20. The van der Waals surface area contributed by atoms with Gasteiger partial charge in [0.05, 0.1) is 6.61 Å². The van der Waals surface area contributed by atoms with E-state index >= 15 is 0 Å². The van der Waals surface area contributed by atoms with Gasteiger partial charge in [-0.2, -0.15) is 0 Å². The second-order valence-electron chi connectivity index (χ2n) is 3.08. The molecule has 88 valence electrons. The molecule has 0 bridgehead atoms. The molecule has 2 amide bonds. The van der Waals surface area contributed by atoms with Crippen LogP contribution in [-0.4, -0.2) is 36.6 Å². The van der Waals surface area contributed by atoms with Gasteiger partial charge in [0.2, 0.25) is 0 Å². The molecule has 0 heterocycles. The average Bonchev–Trinajstić information content (AvgIpc) is 2.24. The van der Waals surface area contributed by atoms with Crippen molar-refractivity contribution >= 4 is 11.8 Å². The van der Waals surface area contributed by atoms with Crippen molar-refractivity contribution in [2.45, 2.75) is 33.6 Å². The number of nitrogens with zero attached hydrogens (tertiary/aromatic N) is 1. The maximum absolute atomic E-state index is 11.5. The highest BCUT2D eigenvalue weighted by Crippen LogP contribution is 1.95. The van der Waals surface area contributed by atoms with Crippen LogP contribution in [0.5, 0.6) is 0 Å². The quantitative estimate of drug-likeness (QED) is 0.525. The summed E-state index contributed by atoms with van der Waals surface area (Å²) >= 11 is 0. The van der Waals surface area contributed by atoms with Crippen molar-refractivity contribution < 1.29 is 14.4 Å². The third kappa shape index (κ3) is 5.37. The molecule has 0 aromatic rings. The Hall–Kier alpha value is -1.10. The van der Waals surface area contributed by atoms with Crippen molar-refractivity contribution in [2.24, 2.45) is 0 Å². The third-order valence-electron chi connectivity index (χ3n) is 1.67. The number of rotatable bonds is 6. The lowest BCUT2D eigenvalue weighted by Crippen LogP contribution is -2.43. The number of hydrogen-bond acceptors (Lipinski definition) is 3. The standard InChI is InChI=1S/C10H20N2O3/c1-4-7-11-9(13)10(14)12(8-5-2)15-6-3/h4-8H2,1-3H3,(H,11,13). The van der Waals surface area contributed by atoms with Crippen molar-refractivity contribution in [3.63, 3.8) is 0 Å². The summed E-state index contributed by atoms with van der Waals surface area (Å²) in [6.07, 6.45) is 1.56. The first-order chi connectivity index (χ1) is 7.17. The summed E-state index contributed by atoms with van der Waals surface area (Å²) in [4.78, 5) is 27.9. The molecule has 5 heteroatoms. The van der Waals surface area contributed by atoms with Gasteiger partial charge in [0, 0.05) is 13.1 Å². The van der Waals surface area contributed by atoms with E-state index in [0.717, 1.165) is 17.9 Å². The van der Waals surface area contributed by atoms with E-state index in [0.29, 0.717) is 19.7 Å². The zero-order valence-corrected chi connectivity index (χ0v) is 9.71. The van der Waals surface area contributed by atoms with E-state index in [-0.39, 0.29) is 0 Å². The van der Waals surface area contributed by atoms with Gasteiger partial charge < -0.3 is 5.32 Å². The Labute approximate surface area is 90.7 Å². The zero-order valence-electron chi connectivity index (χ0n) is 9.71. The van der Waals surface area contributed by atoms with Crippen molar-refractivity contribution in [1.29, 1.82) is 0 Å². The Morgan fingerprint density at radius 1 is 1.20 bits per heavy atom. The molecule has 0 rings (SSSR count). The minimum atomic E-state index is -0.618. The fraction of sp³-hybridized carbons (Fsp3) is 0.800. The Balaban J connectivity index is 4.15. The maximum atomic E-state index is 11.5. The number of nitrogens with one attached hydrogen (secondary N) is 1. The molecule has 0 saturated carbocycles. The van der Waals surface area contributed by atoms with Crippen LogP contribution in [-0.2, 0) is 14.4 Å². The van der Waals surface area contributed by atoms with E-state index in [1.54, 1.807) is 6.92 Å². The highest BCUT2D eigenvalue weighted by atomic mass is 16.7. The summed E-state index contributed by atoms with van der Waals surface area (Å²) in [7, 11) is 0. The molecule has 0 aliphatic carbocycles. The molecule has 15 heavy (non-hydrogen) atoms. The fourth-order valence-corrected chi connectivity index (χ4v) is 1.01. The van der Waals surface area contributed by atoms with Crippen LogP contribution >= 0.6 is 0 Å². The first-order valence-electron chi connectivity index (χ1n) is 5.39. The van der Waals surface area contributed by atoms with Crippen molar-refractivity contribution in [2.75, 3.05) is 19.7 Å². The number of hydroxylamine groups is 2. The monoisotopic (exact) mass is 216 g/mol. The van der Waals surface area contributed by atoms with Crippen LogP contribution in [0.2, 0.25) is 0 Å². The van der Waals surface area contributed by atoms with Gasteiger partial charge in [-0.3, -0.25) is 14.4 Å². The Morgan fingerprint density at radius 2 is 1.87 bits per heavy atom. The summed E-state index contributed by atoms with van der Waals surface area (Å²) in [6, 6.07) is 0. The van der Waals surface area contributed by atoms with E-state index in [1.807, 2.05) is 13.8 Å². The third-order valence-corrected chi connectivity index (χ3v) is 1.67. The highest BCUT2D eigenvalue weighted by molar-refractivity contribution is 6.34. The van der Waals surface area contributed by atoms with Gasteiger partial charge in [0.15, 0.2) is 0 Å². The zero-order chi connectivity index (χ0) is 11.7. The Morgan fingerprint density at radius 3 is 2.33 bits per heavy atom. The molecular weight excluding hydrogens is 196 g/mol. The van der Waals surface area contributed by atoms with Crippen LogP contribution in [0.4, 0.5) is 0 Å². The van der Waals surface area contributed by atoms with Crippen LogP contribution in [0.15, 0.2) is 0 Å². The maximum Gasteiger partial charge on any atom is 0.335 e. The largest absolute Gasteiger partial charge is 0.348 e. The van der Waals surface area contributed by atoms with Gasteiger partial charge in [0.1, 0.15) is 0 Å². The minimum absolute atomic E-state index is 0.382. The first kappa shape index (κ1) is 13.9. The summed E-state index contributed by atoms with van der Waals surface area (Å²) in [5.74, 6) is -1.22. The van der Waals surface area contributed by atoms with Crippen LogP contribution in [0.3, 0.4) is 0 Å². The summed E-state index contributed by atoms with van der Waals surface area (Å²) in [5.41, 5.74) is 0. The first-order valence-corrected chi connectivity index (χ1v) is 5.39. The number of hydrogen-bond donors (Lipinski definition) is 1. The molecule has 0 saturated heterocycles. The SMILES string of the molecule is CCCNC(=O)C(=O)N(CCC)OCC. The van der Waals surface area contributed by atoms with Crippen LogP contribution in [0.1, 0.15) is 33.6 Å². The molecule has 0 aromatic carbocycles. The predicted molar refractivity (Wildman–Crippen MR) is 56.9 cm³/mol. The molecule has 0 unspecified atom stereocenters. The number of amides is 2. The molecule has 1 N–H and O–H groups in total. The van der Waals surface area contributed by atoms with E-state index in [4.69, 9.17) is 4.84 Å². The van der Waals surface area contributed by atoms with Gasteiger partial charge in [-0.1, -0.05) is 13.8 Å². The lowest BCUT2D eigenvalue weighted by molar-refractivity contribution is -0.187. The molecule has 5 nitrogen and oxygen atoms in total. The molecule has 0 spiro atoms. The topological polar surface area (TPSA) is 58.6 Å². The number of carbonyl (C=O) groups is 2. The molecule has 0 aliphatic heterocycles. The van der Waals surface area contributed by atoms with Crippen molar-refractivity contribution in [3.05, 3.63) is 0 Å². The average molecular weight is 216 g/mol. The van der Waals surface area contributed by atoms with Crippen LogP contribution in [0.25, 0.3) is 0 Å². The van der Waals surface area contributed by atoms with Crippen molar-refractivity contribution in [1.82, 2.24) is 10.4 Å². The van der Waals surface area contributed by atoms with E-state index in [1.165, 1.54) is 0 Å². The fourth-order valence-electron chi connectivity index (χ4n) is 1.01. The minimum Gasteiger partial charge on any atom is -0.348 e. The molecule has 0 radical (unpaired) electrons. The molecule has 0 aromatic heterocycles. The predicted octanol–water partition coefficient (Wildman–Crippen LogP) is 0.703. The van der Waals surface area contributed by atoms with Crippen LogP contribution in [0, 0.1) is 0 Å². The van der Waals surface area contributed by atoms with E-state index in [2.05, 4.69) is 5.32 Å².